The van der Waals surface area contributed by atoms with Crippen LogP contribution in [0.15, 0.2) is 121 Å². The van der Waals surface area contributed by atoms with Crippen molar-refractivity contribution >= 4 is 31.6 Å². The zero-order valence-corrected chi connectivity index (χ0v) is 24.7. The van der Waals surface area contributed by atoms with E-state index in [4.69, 9.17) is 9.05 Å². The van der Waals surface area contributed by atoms with E-state index in [0.29, 0.717) is 11.1 Å². The molecular formula is C34H32N2O7P+. The van der Waals surface area contributed by atoms with Crippen LogP contribution < -0.4 is 10.6 Å². The van der Waals surface area contributed by atoms with Crippen LogP contribution in [0.3, 0.4) is 0 Å². The van der Waals surface area contributed by atoms with Crippen molar-refractivity contribution in [1.29, 1.82) is 0 Å². The lowest BCUT2D eigenvalue weighted by atomic mass is 10.0. The van der Waals surface area contributed by atoms with Gasteiger partial charge in [0, 0.05) is 15.7 Å². The molecule has 0 aliphatic carbocycles. The van der Waals surface area contributed by atoms with E-state index in [1.807, 2.05) is 60.7 Å². The monoisotopic (exact) mass is 611 g/mol. The number of Topliss-reactive ketones (excluding diaryl/α,β-unsaturated/α-hetero) is 2. The molecular weight excluding hydrogens is 579 g/mol. The molecule has 2 amide bonds. The molecule has 0 bridgehead atoms. The Labute approximate surface area is 256 Å². The first kappa shape index (κ1) is 32.1. The summed E-state index contributed by atoms with van der Waals surface area (Å²) in [6.07, 6.45) is 0.389. The molecule has 4 aromatic carbocycles. The molecule has 0 radical (unpaired) electrons. The number of carbonyl (C=O) groups is 4. The Balaban J connectivity index is 1.34. The van der Waals surface area contributed by atoms with E-state index in [1.54, 1.807) is 60.7 Å². The van der Waals surface area contributed by atoms with Crippen LogP contribution in [0.4, 0.5) is 0 Å². The maximum atomic E-state index is 13.1. The van der Waals surface area contributed by atoms with Gasteiger partial charge in [0.1, 0.15) is 0 Å². The quantitative estimate of drug-likeness (QED) is 0.173. The van der Waals surface area contributed by atoms with Crippen molar-refractivity contribution in [3.05, 3.63) is 144 Å². The normalized spacial score (nSPS) is 12.0. The number of hydrogen-bond acceptors (Lipinski definition) is 7. The number of amides is 2. The molecule has 4 rings (SSSR count). The zero-order valence-electron chi connectivity index (χ0n) is 23.8. The molecule has 9 nitrogen and oxygen atoms in total. The van der Waals surface area contributed by atoms with Crippen molar-refractivity contribution in [1.82, 2.24) is 10.6 Å². The fourth-order valence-electron chi connectivity index (χ4n) is 4.32. The van der Waals surface area contributed by atoms with Gasteiger partial charge in [-0.3, -0.25) is 19.2 Å². The lowest BCUT2D eigenvalue weighted by Crippen LogP contribution is -2.44. The standard InChI is InChI=1S/C34H31N2O7P/c37-31(29(21-25-13-5-1-6-14-25)35-33(39)27-17-9-3-10-18-27)23-42-44(41)43-24-32(38)30(22-26-15-7-2-8-16-26)36-34(40)28-19-11-4-12-20-28/h1-20,29-30H,21-24H2,(H-,35,36,39,40)/p+1/t29-,30-/m0/s1. The van der Waals surface area contributed by atoms with Crippen LogP contribution in [-0.2, 0) is 36.0 Å². The van der Waals surface area contributed by atoms with E-state index in [-0.39, 0.29) is 12.8 Å². The predicted molar refractivity (Wildman–Crippen MR) is 165 cm³/mol. The second kappa shape index (κ2) is 16.7. The van der Waals surface area contributed by atoms with E-state index in [2.05, 4.69) is 10.6 Å². The lowest BCUT2D eigenvalue weighted by molar-refractivity contribution is -0.123. The summed E-state index contributed by atoms with van der Waals surface area (Å²) in [5, 5.41) is 5.45. The largest absolute Gasteiger partial charge is 0.698 e. The molecule has 0 saturated heterocycles. The third kappa shape index (κ3) is 10.2. The second-order valence-electron chi connectivity index (χ2n) is 9.87. The van der Waals surface area contributed by atoms with Gasteiger partial charge in [-0.1, -0.05) is 97.1 Å². The van der Waals surface area contributed by atoms with Crippen LogP contribution in [0.1, 0.15) is 31.8 Å². The molecule has 2 N–H and O–H groups in total. The minimum absolute atomic E-state index is 0.194. The molecule has 2 atom stereocenters. The minimum Gasteiger partial charge on any atom is -0.342 e. The maximum absolute atomic E-state index is 13.1. The van der Waals surface area contributed by atoms with E-state index in [0.717, 1.165) is 11.1 Å². The van der Waals surface area contributed by atoms with Gasteiger partial charge in [-0.15, -0.1) is 9.05 Å². The summed E-state index contributed by atoms with van der Waals surface area (Å²) in [5.74, 6) is -1.91. The SMILES string of the molecule is O=C(N[C@@H](Cc1ccccc1)C(=O)CO[P+](=O)OCC(=O)[C@H](Cc1ccccc1)NC(=O)c1ccccc1)c1ccccc1. The average molecular weight is 612 g/mol. The Kier molecular flexibility index (Phi) is 12.2. The average Bonchev–Trinajstić information content (AvgIpc) is 3.07. The fraction of sp³-hybridized carbons (Fsp3) is 0.176. The van der Waals surface area contributed by atoms with Gasteiger partial charge in [0.15, 0.2) is 24.8 Å². The molecule has 0 fully saturated rings. The third-order valence-corrected chi connectivity index (χ3v) is 7.33. The Morgan fingerprint density at radius 2 is 0.841 bits per heavy atom. The highest BCUT2D eigenvalue weighted by molar-refractivity contribution is 7.33. The van der Waals surface area contributed by atoms with Gasteiger partial charge in [0.25, 0.3) is 11.8 Å². The zero-order chi connectivity index (χ0) is 31.1. The molecule has 0 aliphatic heterocycles. The van der Waals surface area contributed by atoms with Gasteiger partial charge in [0.05, 0.1) is 12.1 Å². The molecule has 224 valence electrons. The summed E-state index contributed by atoms with van der Waals surface area (Å²) in [6, 6.07) is 33.3. The molecule has 0 aliphatic rings. The lowest BCUT2D eigenvalue weighted by Gasteiger charge is -2.17. The van der Waals surface area contributed by atoms with E-state index in [1.165, 1.54) is 0 Å². The summed E-state index contributed by atoms with van der Waals surface area (Å²) in [5.41, 5.74) is 2.40. The highest BCUT2D eigenvalue weighted by atomic mass is 31.1. The third-order valence-electron chi connectivity index (χ3n) is 6.65. The van der Waals surface area contributed by atoms with Crippen LogP contribution in [0.5, 0.6) is 0 Å². The second-order valence-corrected chi connectivity index (χ2v) is 10.8. The smallest absolute Gasteiger partial charge is 0.342 e. The van der Waals surface area contributed by atoms with Gasteiger partial charge < -0.3 is 10.6 Å². The van der Waals surface area contributed by atoms with Crippen molar-refractivity contribution in [2.24, 2.45) is 0 Å². The van der Waals surface area contributed by atoms with Crippen LogP contribution >= 0.6 is 8.25 Å². The molecule has 0 heterocycles. The summed E-state index contributed by atoms with van der Waals surface area (Å²) in [6.45, 7) is -1.23. The van der Waals surface area contributed by atoms with Crippen molar-refractivity contribution in [3.8, 4) is 0 Å². The van der Waals surface area contributed by atoms with Crippen molar-refractivity contribution in [2.45, 2.75) is 24.9 Å². The summed E-state index contributed by atoms with van der Waals surface area (Å²) in [4.78, 5) is 51.7. The molecule has 0 aromatic heterocycles. The highest BCUT2D eigenvalue weighted by Crippen LogP contribution is 2.24. The molecule has 0 spiro atoms. The van der Waals surface area contributed by atoms with E-state index >= 15 is 0 Å². The Bertz CT molecular complexity index is 1440. The first-order chi connectivity index (χ1) is 21.4. The van der Waals surface area contributed by atoms with Gasteiger partial charge in [0.2, 0.25) is 0 Å². The molecule has 0 unspecified atom stereocenters. The molecule has 4 aromatic rings. The number of nitrogens with one attached hydrogen (secondary N) is 2. The Hall–Kier alpha value is -4.82. The maximum Gasteiger partial charge on any atom is 0.698 e. The number of benzene rings is 4. The summed E-state index contributed by atoms with van der Waals surface area (Å²) in [7, 11) is -2.86. The van der Waals surface area contributed by atoms with E-state index < -0.39 is 56.9 Å². The van der Waals surface area contributed by atoms with Crippen molar-refractivity contribution < 1.29 is 32.8 Å². The first-order valence-corrected chi connectivity index (χ1v) is 15.1. The topological polar surface area (TPSA) is 128 Å². The van der Waals surface area contributed by atoms with Crippen LogP contribution in [0.25, 0.3) is 0 Å². The number of carbonyl (C=O) groups excluding carboxylic acids is 4. The minimum atomic E-state index is -2.86. The summed E-state index contributed by atoms with van der Waals surface area (Å²) < 4.78 is 22.8. The number of hydrogen-bond donors (Lipinski definition) is 2. The number of rotatable bonds is 16. The number of ketones is 2. The predicted octanol–water partition coefficient (Wildman–Crippen LogP) is 4.90. The van der Waals surface area contributed by atoms with Gasteiger partial charge in [-0.2, -0.15) is 0 Å². The van der Waals surface area contributed by atoms with Crippen molar-refractivity contribution in [2.75, 3.05) is 13.2 Å². The Morgan fingerprint density at radius 3 is 1.18 bits per heavy atom. The molecule has 0 saturated carbocycles. The summed E-state index contributed by atoms with van der Waals surface area (Å²) >= 11 is 0. The van der Waals surface area contributed by atoms with Crippen molar-refractivity contribution in [3.63, 3.8) is 0 Å². The van der Waals surface area contributed by atoms with Crippen LogP contribution in [-0.4, -0.2) is 48.7 Å². The van der Waals surface area contributed by atoms with E-state index in [9.17, 15) is 23.7 Å². The van der Waals surface area contributed by atoms with Gasteiger partial charge in [-0.25, -0.2) is 0 Å². The Morgan fingerprint density at radius 1 is 0.523 bits per heavy atom. The van der Waals surface area contributed by atoms with Gasteiger partial charge in [-0.05, 0) is 48.2 Å². The first-order valence-electron chi connectivity index (χ1n) is 14.0. The van der Waals surface area contributed by atoms with Crippen LogP contribution in [0, 0.1) is 0 Å². The van der Waals surface area contributed by atoms with Gasteiger partial charge >= 0.3 is 8.25 Å². The highest BCUT2D eigenvalue weighted by Gasteiger charge is 2.31. The fourth-order valence-corrected chi connectivity index (χ4v) is 4.86. The molecule has 44 heavy (non-hydrogen) atoms. The molecule has 10 heteroatoms. The van der Waals surface area contributed by atoms with Crippen LogP contribution in [0.2, 0.25) is 0 Å².